The van der Waals surface area contributed by atoms with Crippen LogP contribution in [0.15, 0.2) is 46.6 Å². The number of carboxylic acid groups (broad SMARTS) is 2. The molecule has 0 bridgehead atoms. The number of carbonyl (C=O) groups is 2. The van der Waals surface area contributed by atoms with Crippen LogP contribution in [0.2, 0.25) is 0 Å². The molecular weight excluding hydrogens is 292 g/mol. The van der Waals surface area contributed by atoms with E-state index in [9.17, 15) is 19.8 Å². The zero-order valence-corrected chi connectivity index (χ0v) is 11.0. The SMILES string of the molecule is O=C(O)c1cc(O)ccc1/N=N/c1ccc(O)cc1C(=O)O. The van der Waals surface area contributed by atoms with E-state index in [1.807, 2.05) is 0 Å². The van der Waals surface area contributed by atoms with Crippen LogP contribution in [0, 0.1) is 0 Å². The minimum Gasteiger partial charge on any atom is -0.508 e. The molecule has 112 valence electrons. The van der Waals surface area contributed by atoms with Crippen molar-refractivity contribution in [1.29, 1.82) is 0 Å². The molecule has 0 radical (unpaired) electrons. The maximum Gasteiger partial charge on any atom is 0.338 e. The molecule has 8 heteroatoms. The Morgan fingerprint density at radius 1 is 0.727 bits per heavy atom. The Balaban J connectivity index is 2.46. The molecule has 2 aromatic carbocycles. The highest BCUT2D eigenvalue weighted by Gasteiger charge is 2.13. The molecule has 0 aromatic heterocycles. The molecule has 0 amide bonds. The van der Waals surface area contributed by atoms with Gasteiger partial charge in [-0.2, -0.15) is 0 Å². The van der Waals surface area contributed by atoms with Gasteiger partial charge >= 0.3 is 11.9 Å². The normalized spacial score (nSPS) is 10.7. The lowest BCUT2D eigenvalue weighted by Crippen LogP contribution is -1.97. The van der Waals surface area contributed by atoms with Crippen molar-refractivity contribution < 1.29 is 30.0 Å². The zero-order chi connectivity index (χ0) is 16.3. The van der Waals surface area contributed by atoms with Crippen LogP contribution in [0.25, 0.3) is 0 Å². The Morgan fingerprint density at radius 2 is 1.09 bits per heavy atom. The minimum absolute atomic E-state index is 0.0466. The Kier molecular flexibility index (Phi) is 4.03. The zero-order valence-electron chi connectivity index (χ0n) is 11.0. The summed E-state index contributed by atoms with van der Waals surface area (Å²) in [6.07, 6.45) is 0. The molecule has 0 saturated carbocycles. The lowest BCUT2D eigenvalue weighted by molar-refractivity contribution is 0.0686. The molecule has 0 aliphatic carbocycles. The highest BCUT2D eigenvalue weighted by Crippen LogP contribution is 2.29. The molecule has 4 N–H and O–H groups in total. The third-order valence-corrected chi connectivity index (χ3v) is 2.69. The van der Waals surface area contributed by atoms with Gasteiger partial charge in [-0.1, -0.05) is 0 Å². The highest BCUT2D eigenvalue weighted by atomic mass is 16.4. The third-order valence-electron chi connectivity index (χ3n) is 2.69. The molecule has 8 nitrogen and oxygen atoms in total. The summed E-state index contributed by atoms with van der Waals surface area (Å²) >= 11 is 0. The fourth-order valence-electron chi connectivity index (χ4n) is 1.67. The van der Waals surface area contributed by atoms with Gasteiger partial charge in [0.2, 0.25) is 0 Å². The molecule has 2 aromatic rings. The molecule has 2 rings (SSSR count). The Morgan fingerprint density at radius 3 is 1.41 bits per heavy atom. The van der Waals surface area contributed by atoms with Crippen LogP contribution in [-0.4, -0.2) is 32.4 Å². The number of phenolic OH excluding ortho intramolecular Hbond substituents is 2. The van der Waals surface area contributed by atoms with Crippen molar-refractivity contribution >= 4 is 23.3 Å². The van der Waals surface area contributed by atoms with Gasteiger partial charge in [-0.25, -0.2) is 9.59 Å². The second-order valence-electron chi connectivity index (χ2n) is 4.21. The lowest BCUT2D eigenvalue weighted by Gasteiger charge is -2.02. The quantitative estimate of drug-likeness (QED) is 0.640. The number of hydrogen-bond acceptors (Lipinski definition) is 6. The number of aromatic carboxylic acids is 2. The smallest absolute Gasteiger partial charge is 0.338 e. The molecular formula is C14H10N2O6. The van der Waals surface area contributed by atoms with Crippen molar-refractivity contribution in [3.8, 4) is 11.5 Å². The molecule has 0 atom stereocenters. The van der Waals surface area contributed by atoms with Crippen molar-refractivity contribution in [2.75, 3.05) is 0 Å². The number of hydrogen-bond donors (Lipinski definition) is 4. The summed E-state index contributed by atoms with van der Waals surface area (Å²) < 4.78 is 0. The number of phenols is 2. The lowest BCUT2D eigenvalue weighted by atomic mass is 10.1. The number of rotatable bonds is 4. The largest absolute Gasteiger partial charge is 0.508 e. The topological polar surface area (TPSA) is 140 Å². The maximum atomic E-state index is 11.1. The number of carboxylic acids is 2. The Bertz CT molecular complexity index is 719. The van der Waals surface area contributed by atoms with Gasteiger partial charge in [-0.3, -0.25) is 0 Å². The second kappa shape index (κ2) is 5.92. The predicted octanol–water partition coefficient (Wildman–Crippen LogP) is 2.91. The first-order chi connectivity index (χ1) is 10.4. The van der Waals surface area contributed by atoms with Gasteiger partial charge in [-0.05, 0) is 36.4 Å². The van der Waals surface area contributed by atoms with Crippen LogP contribution in [0.3, 0.4) is 0 Å². The summed E-state index contributed by atoms with van der Waals surface area (Å²) in [6, 6.07) is 6.95. The van der Waals surface area contributed by atoms with Gasteiger partial charge in [0.25, 0.3) is 0 Å². The van der Waals surface area contributed by atoms with Gasteiger partial charge in [-0.15, -0.1) is 10.2 Å². The molecule has 0 fully saturated rings. The molecule has 0 unspecified atom stereocenters. The van der Waals surface area contributed by atoms with E-state index in [0.717, 1.165) is 12.1 Å². The first-order valence-electron chi connectivity index (χ1n) is 5.93. The Labute approximate surface area is 123 Å². The summed E-state index contributed by atoms with van der Waals surface area (Å²) in [5.41, 5.74) is -0.650. The third kappa shape index (κ3) is 3.18. The molecule has 22 heavy (non-hydrogen) atoms. The van der Waals surface area contributed by atoms with Gasteiger partial charge < -0.3 is 20.4 Å². The van der Waals surface area contributed by atoms with Crippen molar-refractivity contribution in [3.63, 3.8) is 0 Å². The van der Waals surface area contributed by atoms with E-state index in [2.05, 4.69) is 10.2 Å². The number of benzene rings is 2. The summed E-state index contributed by atoms with van der Waals surface area (Å²) in [7, 11) is 0. The van der Waals surface area contributed by atoms with Gasteiger partial charge in [0.05, 0.1) is 11.1 Å². The van der Waals surface area contributed by atoms with Crippen molar-refractivity contribution in [2.45, 2.75) is 0 Å². The van der Waals surface area contributed by atoms with Crippen LogP contribution in [0.4, 0.5) is 11.4 Å². The fourth-order valence-corrected chi connectivity index (χ4v) is 1.67. The van der Waals surface area contributed by atoms with Gasteiger partial charge in [0.1, 0.15) is 22.9 Å². The molecule has 0 spiro atoms. The van der Waals surface area contributed by atoms with E-state index >= 15 is 0 Å². The first-order valence-corrected chi connectivity index (χ1v) is 5.93. The van der Waals surface area contributed by atoms with Crippen molar-refractivity contribution in [2.24, 2.45) is 10.2 Å². The molecule has 0 aliphatic rings. The van der Waals surface area contributed by atoms with E-state index in [-0.39, 0.29) is 34.0 Å². The maximum absolute atomic E-state index is 11.1. The van der Waals surface area contributed by atoms with Crippen molar-refractivity contribution in [3.05, 3.63) is 47.5 Å². The summed E-state index contributed by atoms with van der Waals surface area (Å²) in [6.45, 7) is 0. The van der Waals surface area contributed by atoms with E-state index in [1.54, 1.807) is 0 Å². The monoisotopic (exact) mass is 302 g/mol. The highest BCUT2D eigenvalue weighted by molar-refractivity contribution is 5.94. The van der Waals surface area contributed by atoms with Crippen molar-refractivity contribution in [1.82, 2.24) is 0 Å². The summed E-state index contributed by atoms with van der Waals surface area (Å²) in [5, 5.41) is 44.0. The predicted molar refractivity (Wildman–Crippen MR) is 74.3 cm³/mol. The Hall–Kier alpha value is -3.42. The average molecular weight is 302 g/mol. The molecule has 0 aliphatic heterocycles. The van der Waals surface area contributed by atoms with Gasteiger partial charge in [0.15, 0.2) is 0 Å². The van der Waals surface area contributed by atoms with Crippen LogP contribution in [0.1, 0.15) is 20.7 Å². The minimum atomic E-state index is -1.31. The number of aromatic hydroxyl groups is 2. The fraction of sp³-hybridized carbons (Fsp3) is 0. The standard InChI is InChI=1S/C14H10N2O6/c17-7-1-3-11(9(5-7)13(19)20)15-16-12-4-2-8(18)6-10(12)14(21)22/h1-6,17-18H,(H,19,20)(H,21,22)/b16-15+. The van der Waals surface area contributed by atoms with Crippen LogP contribution >= 0.6 is 0 Å². The summed E-state index contributed by atoms with van der Waals surface area (Å²) in [4.78, 5) is 22.1. The summed E-state index contributed by atoms with van der Waals surface area (Å²) in [5.74, 6) is -3.11. The van der Waals surface area contributed by atoms with Crippen LogP contribution in [0.5, 0.6) is 11.5 Å². The van der Waals surface area contributed by atoms with E-state index in [0.29, 0.717) is 0 Å². The number of nitrogens with zero attached hydrogens (tertiary/aromatic N) is 2. The molecule has 0 saturated heterocycles. The van der Waals surface area contributed by atoms with E-state index in [1.165, 1.54) is 24.3 Å². The van der Waals surface area contributed by atoms with Gasteiger partial charge in [0, 0.05) is 0 Å². The molecule has 0 heterocycles. The van der Waals surface area contributed by atoms with E-state index in [4.69, 9.17) is 10.2 Å². The second-order valence-corrected chi connectivity index (χ2v) is 4.21. The van der Waals surface area contributed by atoms with Crippen LogP contribution in [-0.2, 0) is 0 Å². The first kappa shape index (κ1) is 15.0. The average Bonchev–Trinajstić information content (AvgIpc) is 2.46. The van der Waals surface area contributed by atoms with E-state index < -0.39 is 11.9 Å². The van der Waals surface area contributed by atoms with Crippen LogP contribution < -0.4 is 0 Å². The number of azo groups is 1.